The van der Waals surface area contributed by atoms with Gasteiger partial charge in [-0.3, -0.25) is 9.59 Å². The van der Waals surface area contributed by atoms with Gasteiger partial charge in [-0.1, -0.05) is 0 Å². The van der Waals surface area contributed by atoms with Crippen LogP contribution in [-0.4, -0.2) is 61.9 Å². The molecule has 80 valence electrons. The number of amides is 2. The molecule has 1 fully saturated rings. The van der Waals surface area contributed by atoms with E-state index in [2.05, 4.69) is 5.32 Å². The fourth-order valence-corrected chi connectivity index (χ4v) is 1.40. The Morgan fingerprint density at radius 2 is 2.14 bits per heavy atom. The van der Waals surface area contributed by atoms with E-state index in [4.69, 9.17) is 0 Å². The van der Waals surface area contributed by atoms with E-state index < -0.39 is 0 Å². The Labute approximate surface area is 84.0 Å². The van der Waals surface area contributed by atoms with E-state index in [1.165, 1.54) is 4.90 Å². The fourth-order valence-electron chi connectivity index (χ4n) is 1.40. The molecule has 1 aliphatic heterocycles. The summed E-state index contributed by atoms with van der Waals surface area (Å²) in [5.74, 6) is 0.139. The van der Waals surface area contributed by atoms with Gasteiger partial charge in [-0.25, -0.2) is 0 Å². The Balaban J connectivity index is 2.22. The van der Waals surface area contributed by atoms with Gasteiger partial charge in [0.05, 0.1) is 0 Å². The van der Waals surface area contributed by atoms with Gasteiger partial charge in [0.2, 0.25) is 12.3 Å². The topological polar surface area (TPSA) is 52.7 Å². The molecular weight excluding hydrogens is 182 g/mol. The van der Waals surface area contributed by atoms with Crippen LogP contribution in [0, 0.1) is 0 Å². The number of carbonyl (C=O) groups is 2. The minimum Gasteiger partial charge on any atom is -0.348 e. The highest BCUT2D eigenvalue weighted by Crippen LogP contribution is 1.97. The van der Waals surface area contributed by atoms with Crippen LogP contribution in [0.25, 0.3) is 0 Å². The first-order valence-electron chi connectivity index (χ1n) is 4.88. The number of hydrogen-bond donors (Lipinski definition) is 1. The molecule has 1 N–H and O–H groups in total. The van der Waals surface area contributed by atoms with E-state index in [-0.39, 0.29) is 5.91 Å². The van der Waals surface area contributed by atoms with Gasteiger partial charge in [0.1, 0.15) is 0 Å². The first-order chi connectivity index (χ1) is 6.74. The van der Waals surface area contributed by atoms with Crippen molar-refractivity contribution in [2.75, 3.05) is 39.8 Å². The summed E-state index contributed by atoms with van der Waals surface area (Å²) in [5, 5.41) is 3.19. The fraction of sp³-hybridized carbons (Fsp3) is 0.778. The maximum atomic E-state index is 11.6. The summed E-state index contributed by atoms with van der Waals surface area (Å²) in [6.07, 6.45) is 1.17. The van der Waals surface area contributed by atoms with Gasteiger partial charge in [0.15, 0.2) is 0 Å². The van der Waals surface area contributed by atoms with Crippen molar-refractivity contribution in [3.8, 4) is 0 Å². The summed E-state index contributed by atoms with van der Waals surface area (Å²) in [7, 11) is 1.68. The average molecular weight is 199 g/mol. The highest BCUT2D eigenvalue weighted by Gasteiger charge is 2.15. The summed E-state index contributed by atoms with van der Waals surface area (Å²) in [4.78, 5) is 25.2. The van der Waals surface area contributed by atoms with Crippen LogP contribution in [0.5, 0.6) is 0 Å². The van der Waals surface area contributed by atoms with Crippen LogP contribution in [0.3, 0.4) is 0 Å². The molecule has 1 aliphatic rings. The largest absolute Gasteiger partial charge is 0.348 e. The maximum Gasteiger partial charge on any atom is 0.224 e. The smallest absolute Gasteiger partial charge is 0.224 e. The number of hydrogen-bond acceptors (Lipinski definition) is 3. The molecule has 5 heteroatoms. The van der Waals surface area contributed by atoms with Gasteiger partial charge >= 0.3 is 0 Å². The van der Waals surface area contributed by atoms with Crippen LogP contribution in [0.15, 0.2) is 0 Å². The van der Waals surface area contributed by atoms with Crippen LogP contribution in [0.1, 0.15) is 6.42 Å². The van der Waals surface area contributed by atoms with E-state index in [1.54, 1.807) is 7.05 Å². The zero-order valence-electron chi connectivity index (χ0n) is 8.53. The lowest BCUT2D eigenvalue weighted by Gasteiger charge is -2.27. The minimum absolute atomic E-state index is 0.139. The van der Waals surface area contributed by atoms with Gasteiger partial charge in [0, 0.05) is 46.2 Å². The van der Waals surface area contributed by atoms with Gasteiger partial charge in [-0.2, -0.15) is 0 Å². The summed E-state index contributed by atoms with van der Waals surface area (Å²) >= 11 is 0. The summed E-state index contributed by atoms with van der Waals surface area (Å²) in [6, 6.07) is 0. The third kappa shape index (κ3) is 3.33. The molecule has 0 unspecified atom stereocenters. The quantitative estimate of drug-likeness (QED) is 0.585. The lowest BCUT2D eigenvalue weighted by molar-refractivity contribution is -0.132. The number of piperazine rings is 1. The van der Waals surface area contributed by atoms with E-state index in [1.807, 2.05) is 4.90 Å². The highest BCUT2D eigenvalue weighted by atomic mass is 16.2. The Morgan fingerprint density at radius 1 is 1.50 bits per heavy atom. The molecule has 0 spiro atoms. The van der Waals surface area contributed by atoms with E-state index in [0.29, 0.717) is 13.0 Å². The van der Waals surface area contributed by atoms with E-state index in [0.717, 1.165) is 32.6 Å². The lowest BCUT2D eigenvalue weighted by atomic mass is 10.3. The highest BCUT2D eigenvalue weighted by molar-refractivity contribution is 5.76. The van der Waals surface area contributed by atoms with Crippen LogP contribution < -0.4 is 5.32 Å². The van der Waals surface area contributed by atoms with E-state index >= 15 is 0 Å². The molecular formula is C9H17N3O2. The molecule has 5 nitrogen and oxygen atoms in total. The summed E-state index contributed by atoms with van der Waals surface area (Å²) < 4.78 is 0. The molecule has 0 aromatic heterocycles. The SMILES string of the molecule is CN(C=O)CCC(=O)N1CCNCC1. The summed E-state index contributed by atoms with van der Waals surface area (Å²) in [5.41, 5.74) is 0. The first-order valence-corrected chi connectivity index (χ1v) is 4.88. The standard InChI is InChI=1S/C9H17N3O2/c1-11(8-13)5-2-9(14)12-6-3-10-4-7-12/h8,10H,2-7H2,1H3. The summed E-state index contributed by atoms with van der Waals surface area (Å²) in [6.45, 7) is 3.81. The van der Waals surface area contributed by atoms with Crippen molar-refractivity contribution >= 4 is 12.3 Å². The van der Waals surface area contributed by atoms with Crippen molar-refractivity contribution in [1.82, 2.24) is 15.1 Å². The van der Waals surface area contributed by atoms with E-state index in [9.17, 15) is 9.59 Å². The van der Waals surface area contributed by atoms with Crippen molar-refractivity contribution in [3.63, 3.8) is 0 Å². The van der Waals surface area contributed by atoms with Crippen molar-refractivity contribution in [3.05, 3.63) is 0 Å². The van der Waals surface area contributed by atoms with Gasteiger partial charge in [-0.15, -0.1) is 0 Å². The molecule has 0 aliphatic carbocycles. The number of nitrogens with one attached hydrogen (secondary N) is 1. The lowest BCUT2D eigenvalue weighted by Crippen LogP contribution is -2.46. The second-order valence-corrected chi connectivity index (χ2v) is 3.47. The van der Waals surface area contributed by atoms with Crippen molar-refractivity contribution in [2.45, 2.75) is 6.42 Å². The Bertz CT molecular complexity index is 202. The molecule has 2 amide bonds. The van der Waals surface area contributed by atoms with Gasteiger partial charge in [-0.05, 0) is 0 Å². The Hall–Kier alpha value is -1.10. The zero-order valence-corrected chi connectivity index (χ0v) is 8.53. The van der Waals surface area contributed by atoms with Gasteiger partial charge < -0.3 is 15.1 Å². The number of rotatable bonds is 4. The maximum absolute atomic E-state index is 11.6. The normalized spacial score (nSPS) is 16.5. The van der Waals surface area contributed by atoms with Crippen LogP contribution >= 0.6 is 0 Å². The molecule has 14 heavy (non-hydrogen) atoms. The van der Waals surface area contributed by atoms with Crippen LogP contribution in [0.2, 0.25) is 0 Å². The molecule has 1 saturated heterocycles. The number of carbonyl (C=O) groups excluding carboxylic acids is 2. The molecule has 0 bridgehead atoms. The molecule has 0 aromatic rings. The predicted octanol–water partition coefficient (Wildman–Crippen LogP) is -1.10. The Kier molecular flexibility index (Phi) is 4.39. The van der Waals surface area contributed by atoms with Crippen LogP contribution in [-0.2, 0) is 9.59 Å². The molecule has 0 atom stereocenters. The second kappa shape index (κ2) is 5.59. The van der Waals surface area contributed by atoms with Crippen LogP contribution in [0.4, 0.5) is 0 Å². The van der Waals surface area contributed by atoms with Crippen molar-refractivity contribution in [2.24, 2.45) is 0 Å². The zero-order chi connectivity index (χ0) is 10.4. The predicted molar refractivity (Wildman–Crippen MR) is 52.8 cm³/mol. The molecule has 1 rings (SSSR count). The molecule has 1 heterocycles. The molecule has 0 saturated carbocycles. The average Bonchev–Trinajstić information content (AvgIpc) is 2.26. The molecule has 0 radical (unpaired) electrons. The second-order valence-electron chi connectivity index (χ2n) is 3.47. The van der Waals surface area contributed by atoms with Gasteiger partial charge in [0.25, 0.3) is 0 Å². The minimum atomic E-state index is 0.139. The third-order valence-corrected chi connectivity index (χ3v) is 2.33. The number of nitrogens with zero attached hydrogens (tertiary/aromatic N) is 2. The Morgan fingerprint density at radius 3 is 2.71 bits per heavy atom. The molecule has 0 aromatic carbocycles. The first kappa shape index (κ1) is 11.0. The monoisotopic (exact) mass is 199 g/mol. The third-order valence-electron chi connectivity index (χ3n) is 2.33. The van der Waals surface area contributed by atoms with Crippen molar-refractivity contribution < 1.29 is 9.59 Å². The van der Waals surface area contributed by atoms with Crippen molar-refractivity contribution in [1.29, 1.82) is 0 Å².